The van der Waals surface area contributed by atoms with Gasteiger partial charge in [-0.05, 0) is 26.0 Å². The first-order valence-electron chi connectivity index (χ1n) is 5.28. The van der Waals surface area contributed by atoms with Crippen molar-refractivity contribution in [1.29, 1.82) is 0 Å². The van der Waals surface area contributed by atoms with Crippen molar-refractivity contribution in [2.45, 2.75) is 20.4 Å². The molecule has 0 saturated heterocycles. The van der Waals surface area contributed by atoms with Crippen LogP contribution < -0.4 is 5.32 Å². The molecule has 0 aliphatic rings. The standard InChI is InChI=1S/C12H13ClFN3/c1-7-12(8(2)17-16-7)15-6-9-10(13)4-3-5-11(9)14/h3-5,15H,6H2,1-2H3,(H,16,17). The average Bonchev–Trinajstić information content (AvgIpc) is 2.59. The zero-order valence-corrected chi connectivity index (χ0v) is 10.4. The summed E-state index contributed by atoms with van der Waals surface area (Å²) in [6.45, 7) is 4.13. The fraction of sp³-hybridized carbons (Fsp3) is 0.250. The van der Waals surface area contributed by atoms with E-state index in [2.05, 4.69) is 15.5 Å². The quantitative estimate of drug-likeness (QED) is 0.880. The lowest BCUT2D eigenvalue weighted by Gasteiger charge is -2.09. The number of anilines is 1. The van der Waals surface area contributed by atoms with Crippen LogP contribution in [0.1, 0.15) is 17.0 Å². The SMILES string of the molecule is Cc1n[nH]c(C)c1NCc1c(F)cccc1Cl. The second kappa shape index (κ2) is 4.75. The number of benzene rings is 1. The molecule has 5 heteroatoms. The van der Waals surface area contributed by atoms with Gasteiger partial charge in [-0.15, -0.1) is 0 Å². The van der Waals surface area contributed by atoms with Crippen LogP contribution in [-0.2, 0) is 6.54 Å². The summed E-state index contributed by atoms with van der Waals surface area (Å²) in [5.41, 5.74) is 3.14. The Balaban J connectivity index is 2.18. The number of aryl methyl sites for hydroxylation is 2. The van der Waals surface area contributed by atoms with Gasteiger partial charge in [0.15, 0.2) is 0 Å². The average molecular weight is 254 g/mol. The molecule has 1 aromatic carbocycles. The van der Waals surface area contributed by atoms with Crippen LogP contribution in [-0.4, -0.2) is 10.2 Å². The summed E-state index contributed by atoms with van der Waals surface area (Å²) < 4.78 is 13.5. The van der Waals surface area contributed by atoms with Crippen LogP contribution in [0.3, 0.4) is 0 Å². The first-order valence-corrected chi connectivity index (χ1v) is 5.65. The molecule has 0 bridgehead atoms. The second-order valence-corrected chi connectivity index (χ2v) is 4.27. The van der Waals surface area contributed by atoms with E-state index in [1.807, 2.05) is 13.8 Å². The number of rotatable bonds is 3. The fourth-order valence-corrected chi connectivity index (χ4v) is 1.92. The summed E-state index contributed by atoms with van der Waals surface area (Å²) in [7, 11) is 0. The predicted molar refractivity (Wildman–Crippen MR) is 66.8 cm³/mol. The number of halogens is 2. The van der Waals surface area contributed by atoms with Gasteiger partial charge >= 0.3 is 0 Å². The lowest BCUT2D eigenvalue weighted by atomic mass is 10.2. The van der Waals surface area contributed by atoms with Crippen molar-refractivity contribution in [1.82, 2.24) is 10.2 Å². The summed E-state index contributed by atoms with van der Waals surface area (Å²) in [5, 5.41) is 10.5. The molecule has 0 amide bonds. The molecule has 2 N–H and O–H groups in total. The van der Waals surface area contributed by atoms with E-state index in [0.29, 0.717) is 17.1 Å². The second-order valence-electron chi connectivity index (χ2n) is 3.86. The zero-order valence-electron chi connectivity index (χ0n) is 9.64. The molecule has 0 unspecified atom stereocenters. The van der Waals surface area contributed by atoms with Gasteiger partial charge in [0.05, 0.1) is 17.1 Å². The lowest BCUT2D eigenvalue weighted by molar-refractivity contribution is 0.613. The minimum atomic E-state index is -0.302. The third-order valence-electron chi connectivity index (χ3n) is 2.63. The largest absolute Gasteiger partial charge is 0.378 e. The molecule has 0 radical (unpaired) electrons. The Bertz CT molecular complexity index is 497. The highest BCUT2D eigenvalue weighted by Gasteiger charge is 2.09. The van der Waals surface area contributed by atoms with Crippen molar-refractivity contribution < 1.29 is 4.39 Å². The molecule has 90 valence electrons. The van der Waals surface area contributed by atoms with Crippen LogP contribution in [0.15, 0.2) is 18.2 Å². The minimum Gasteiger partial charge on any atom is -0.378 e. The smallest absolute Gasteiger partial charge is 0.129 e. The van der Waals surface area contributed by atoms with E-state index in [9.17, 15) is 4.39 Å². The molecule has 0 aliphatic carbocycles. The molecule has 1 heterocycles. The molecule has 2 aromatic rings. The highest BCUT2D eigenvalue weighted by Crippen LogP contribution is 2.22. The maximum Gasteiger partial charge on any atom is 0.129 e. The van der Waals surface area contributed by atoms with E-state index < -0.39 is 0 Å². The van der Waals surface area contributed by atoms with Crippen LogP contribution in [0.25, 0.3) is 0 Å². The number of aromatic amines is 1. The number of nitrogens with one attached hydrogen (secondary N) is 2. The fourth-order valence-electron chi connectivity index (χ4n) is 1.69. The van der Waals surface area contributed by atoms with Crippen molar-refractivity contribution >= 4 is 17.3 Å². The Morgan fingerprint density at radius 2 is 2.18 bits per heavy atom. The van der Waals surface area contributed by atoms with Crippen LogP contribution in [0.5, 0.6) is 0 Å². The molecule has 17 heavy (non-hydrogen) atoms. The van der Waals surface area contributed by atoms with Gasteiger partial charge in [-0.3, -0.25) is 5.10 Å². The van der Waals surface area contributed by atoms with Crippen LogP contribution >= 0.6 is 11.6 Å². The highest BCUT2D eigenvalue weighted by atomic mass is 35.5. The number of hydrogen-bond acceptors (Lipinski definition) is 2. The van der Waals surface area contributed by atoms with Gasteiger partial charge in [0.2, 0.25) is 0 Å². The molecule has 0 aliphatic heterocycles. The van der Waals surface area contributed by atoms with Crippen molar-refractivity contribution in [3.8, 4) is 0 Å². The highest BCUT2D eigenvalue weighted by molar-refractivity contribution is 6.31. The predicted octanol–water partition coefficient (Wildman–Crippen LogP) is 3.43. The Labute approximate surface area is 104 Å². The third-order valence-corrected chi connectivity index (χ3v) is 2.99. The molecule has 3 nitrogen and oxygen atoms in total. The molecular formula is C12H13ClFN3. The van der Waals surface area contributed by atoms with Crippen molar-refractivity contribution in [2.75, 3.05) is 5.32 Å². The lowest BCUT2D eigenvalue weighted by Crippen LogP contribution is -2.04. The molecule has 0 fully saturated rings. The molecule has 0 saturated carbocycles. The first kappa shape index (κ1) is 11.9. The van der Waals surface area contributed by atoms with Crippen molar-refractivity contribution in [3.63, 3.8) is 0 Å². The van der Waals surface area contributed by atoms with Crippen LogP contribution in [0.2, 0.25) is 5.02 Å². The Morgan fingerprint density at radius 3 is 2.76 bits per heavy atom. The number of H-pyrrole nitrogens is 1. The van der Waals surface area contributed by atoms with E-state index in [1.165, 1.54) is 6.07 Å². The van der Waals surface area contributed by atoms with E-state index >= 15 is 0 Å². The summed E-state index contributed by atoms with van der Waals surface area (Å²) in [5.74, 6) is -0.302. The zero-order chi connectivity index (χ0) is 12.4. The van der Waals surface area contributed by atoms with E-state index in [0.717, 1.165) is 17.1 Å². The number of nitrogens with zero attached hydrogens (tertiary/aromatic N) is 1. The Hall–Kier alpha value is -1.55. The van der Waals surface area contributed by atoms with Crippen molar-refractivity contribution in [2.24, 2.45) is 0 Å². The maximum atomic E-state index is 13.5. The maximum absolute atomic E-state index is 13.5. The summed E-state index contributed by atoms with van der Waals surface area (Å²) in [6, 6.07) is 4.67. The van der Waals surface area contributed by atoms with Crippen LogP contribution in [0, 0.1) is 19.7 Å². The molecule has 0 spiro atoms. The van der Waals surface area contributed by atoms with Crippen molar-refractivity contribution in [3.05, 3.63) is 46.0 Å². The molecular weight excluding hydrogens is 241 g/mol. The number of hydrogen-bond donors (Lipinski definition) is 2. The van der Waals surface area contributed by atoms with Crippen LogP contribution in [0.4, 0.5) is 10.1 Å². The van der Waals surface area contributed by atoms with E-state index in [4.69, 9.17) is 11.6 Å². The summed E-state index contributed by atoms with van der Waals surface area (Å²) in [4.78, 5) is 0. The van der Waals surface area contributed by atoms with Gasteiger partial charge in [-0.25, -0.2) is 4.39 Å². The molecule has 2 rings (SSSR count). The molecule has 0 atom stereocenters. The van der Waals surface area contributed by atoms with Gasteiger partial charge in [0, 0.05) is 17.1 Å². The summed E-state index contributed by atoms with van der Waals surface area (Å²) >= 11 is 5.95. The van der Waals surface area contributed by atoms with Gasteiger partial charge in [-0.2, -0.15) is 5.10 Å². The monoisotopic (exact) mass is 253 g/mol. The first-order chi connectivity index (χ1) is 8.09. The molecule has 1 aromatic heterocycles. The van der Waals surface area contributed by atoms with Gasteiger partial charge in [0.25, 0.3) is 0 Å². The normalized spacial score (nSPS) is 10.6. The van der Waals surface area contributed by atoms with Gasteiger partial charge in [-0.1, -0.05) is 17.7 Å². The summed E-state index contributed by atoms with van der Waals surface area (Å²) in [6.07, 6.45) is 0. The van der Waals surface area contributed by atoms with E-state index in [1.54, 1.807) is 12.1 Å². The Morgan fingerprint density at radius 1 is 1.41 bits per heavy atom. The van der Waals surface area contributed by atoms with Gasteiger partial charge < -0.3 is 5.32 Å². The Kier molecular flexibility index (Phi) is 3.33. The minimum absolute atomic E-state index is 0.302. The van der Waals surface area contributed by atoms with E-state index in [-0.39, 0.29) is 5.82 Å². The number of aromatic nitrogens is 2. The van der Waals surface area contributed by atoms with Gasteiger partial charge in [0.1, 0.15) is 5.82 Å². The topological polar surface area (TPSA) is 40.7 Å². The third kappa shape index (κ3) is 2.42.